The fourth-order valence-corrected chi connectivity index (χ4v) is 5.20. The Labute approximate surface area is 220 Å². The number of amides is 1. The SMILES string of the molecule is Cn1ccc(=O)c2cc(C(=O)N(CNCCC(O)CSc3nnc(N)s3)Cc3ccc(Cl)cc3)oc21. The van der Waals surface area contributed by atoms with Crippen molar-refractivity contribution in [2.24, 2.45) is 7.05 Å². The quantitative estimate of drug-likeness (QED) is 0.146. The minimum absolute atomic E-state index is 0.0763. The van der Waals surface area contributed by atoms with Crippen LogP contribution in [0.15, 0.2) is 56.1 Å². The maximum Gasteiger partial charge on any atom is 0.291 e. The van der Waals surface area contributed by atoms with E-state index in [1.807, 2.05) is 12.1 Å². The van der Waals surface area contributed by atoms with E-state index in [4.69, 9.17) is 21.8 Å². The Balaban J connectivity index is 1.40. The summed E-state index contributed by atoms with van der Waals surface area (Å²) in [6.45, 7) is 0.985. The van der Waals surface area contributed by atoms with Gasteiger partial charge in [-0.05, 0) is 30.7 Å². The average molecular weight is 549 g/mol. The van der Waals surface area contributed by atoms with Crippen LogP contribution in [0, 0.1) is 0 Å². The largest absolute Gasteiger partial charge is 0.434 e. The van der Waals surface area contributed by atoms with Crippen LogP contribution in [-0.2, 0) is 13.6 Å². The molecule has 4 aromatic rings. The maximum atomic E-state index is 13.4. The van der Waals surface area contributed by atoms with Crippen molar-refractivity contribution in [2.45, 2.75) is 23.4 Å². The number of nitrogen functional groups attached to an aromatic ring is 1. The molecule has 0 spiro atoms. The van der Waals surface area contributed by atoms with Crippen LogP contribution in [0.5, 0.6) is 0 Å². The van der Waals surface area contributed by atoms with E-state index in [0.717, 1.165) is 5.56 Å². The van der Waals surface area contributed by atoms with E-state index in [1.165, 1.54) is 35.2 Å². The molecule has 13 heteroatoms. The van der Waals surface area contributed by atoms with E-state index in [0.29, 0.717) is 50.9 Å². The number of hydrogen-bond acceptors (Lipinski definition) is 10. The number of nitrogens with two attached hydrogens (primary N) is 1. The highest BCUT2D eigenvalue weighted by Gasteiger charge is 2.22. The molecule has 3 aromatic heterocycles. The highest BCUT2D eigenvalue weighted by atomic mass is 35.5. The Kier molecular flexibility index (Phi) is 8.64. The predicted octanol–water partition coefficient (Wildman–Crippen LogP) is 2.95. The van der Waals surface area contributed by atoms with Gasteiger partial charge in [-0.25, -0.2) is 0 Å². The minimum Gasteiger partial charge on any atom is -0.434 e. The highest BCUT2D eigenvalue weighted by Crippen LogP contribution is 2.24. The number of nitrogens with one attached hydrogen (secondary N) is 1. The van der Waals surface area contributed by atoms with Crippen molar-refractivity contribution < 1.29 is 14.3 Å². The Bertz CT molecular complexity index is 1390. The second-order valence-corrected chi connectivity index (χ2v) is 10.8. The van der Waals surface area contributed by atoms with Gasteiger partial charge in [-0.2, -0.15) is 0 Å². The zero-order valence-electron chi connectivity index (χ0n) is 19.4. The van der Waals surface area contributed by atoms with Crippen molar-refractivity contribution in [1.29, 1.82) is 0 Å². The van der Waals surface area contributed by atoms with Crippen molar-refractivity contribution >= 4 is 56.8 Å². The Morgan fingerprint density at radius 3 is 2.81 bits per heavy atom. The van der Waals surface area contributed by atoms with Gasteiger partial charge in [0.25, 0.3) is 5.91 Å². The third kappa shape index (κ3) is 6.65. The van der Waals surface area contributed by atoms with E-state index in [-0.39, 0.29) is 23.8 Å². The second kappa shape index (κ2) is 11.9. The molecular weight excluding hydrogens is 524 g/mol. The third-order valence-electron chi connectivity index (χ3n) is 5.31. The molecule has 190 valence electrons. The summed E-state index contributed by atoms with van der Waals surface area (Å²) in [6.07, 6.45) is 1.50. The van der Waals surface area contributed by atoms with Gasteiger partial charge in [0.05, 0.1) is 18.2 Å². The molecule has 10 nitrogen and oxygen atoms in total. The molecule has 0 aliphatic carbocycles. The average Bonchev–Trinajstić information content (AvgIpc) is 3.50. The van der Waals surface area contributed by atoms with Crippen molar-refractivity contribution in [2.75, 3.05) is 24.7 Å². The molecule has 4 N–H and O–H groups in total. The number of aromatic nitrogens is 3. The number of furan rings is 1. The van der Waals surface area contributed by atoms with Gasteiger partial charge in [0.1, 0.15) is 0 Å². The lowest BCUT2D eigenvalue weighted by atomic mass is 10.2. The molecule has 1 amide bonds. The van der Waals surface area contributed by atoms with Crippen molar-refractivity contribution in [3.63, 3.8) is 0 Å². The van der Waals surface area contributed by atoms with Gasteiger partial charge >= 0.3 is 0 Å². The van der Waals surface area contributed by atoms with Gasteiger partial charge in [0.15, 0.2) is 15.5 Å². The summed E-state index contributed by atoms with van der Waals surface area (Å²) in [7, 11) is 1.75. The fourth-order valence-electron chi connectivity index (χ4n) is 3.44. The number of pyridine rings is 1. The number of halogens is 1. The molecule has 0 fully saturated rings. The first kappa shape index (κ1) is 26.2. The van der Waals surface area contributed by atoms with E-state index in [9.17, 15) is 14.7 Å². The fraction of sp³-hybridized carbons (Fsp3) is 0.304. The van der Waals surface area contributed by atoms with Crippen LogP contribution < -0.4 is 16.5 Å². The smallest absolute Gasteiger partial charge is 0.291 e. The van der Waals surface area contributed by atoms with E-state index in [1.54, 1.807) is 34.8 Å². The van der Waals surface area contributed by atoms with E-state index >= 15 is 0 Å². The number of carbonyl (C=O) groups is 1. The normalized spacial score (nSPS) is 12.2. The summed E-state index contributed by atoms with van der Waals surface area (Å²) in [5.74, 6) is 0.169. The number of anilines is 1. The first-order valence-electron chi connectivity index (χ1n) is 11.0. The molecule has 36 heavy (non-hydrogen) atoms. The van der Waals surface area contributed by atoms with Crippen LogP contribution in [0.3, 0.4) is 0 Å². The van der Waals surface area contributed by atoms with Crippen LogP contribution in [0.2, 0.25) is 5.02 Å². The number of benzene rings is 1. The molecule has 1 atom stereocenters. The molecule has 0 bridgehead atoms. The summed E-state index contributed by atoms with van der Waals surface area (Å²) >= 11 is 8.67. The van der Waals surface area contributed by atoms with Crippen LogP contribution in [0.4, 0.5) is 5.13 Å². The number of hydrogen-bond donors (Lipinski definition) is 3. The molecule has 1 aromatic carbocycles. The van der Waals surface area contributed by atoms with E-state index < -0.39 is 6.10 Å². The Morgan fingerprint density at radius 2 is 2.11 bits per heavy atom. The summed E-state index contributed by atoms with van der Waals surface area (Å²) < 4.78 is 8.13. The zero-order valence-corrected chi connectivity index (χ0v) is 21.8. The molecule has 0 saturated carbocycles. The lowest BCUT2D eigenvalue weighted by Crippen LogP contribution is -2.39. The van der Waals surface area contributed by atoms with Crippen molar-refractivity contribution in [3.05, 3.63) is 69.2 Å². The maximum absolute atomic E-state index is 13.4. The monoisotopic (exact) mass is 548 g/mol. The molecule has 3 heterocycles. The third-order valence-corrected chi connectivity index (χ3v) is 7.59. The van der Waals surface area contributed by atoms with Crippen molar-refractivity contribution in [1.82, 2.24) is 25.0 Å². The topological polar surface area (TPSA) is 140 Å². The molecule has 0 aliphatic heterocycles. The van der Waals surface area contributed by atoms with Crippen molar-refractivity contribution in [3.8, 4) is 0 Å². The van der Waals surface area contributed by atoms with Crippen LogP contribution in [0.25, 0.3) is 11.1 Å². The summed E-state index contributed by atoms with van der Waals surface area (Å²) in [4.78, 5) is 27.2. The summed E-state index contributed by atoms with van der Waals surface area (Å²) in [6, 6.07) is 10.1. The Morgan fingerprint density at radius 1 is 1.33 bits per heavy atom. The molecule has 0 radical (unpaired) electrons. The second-order valence-electron chi connectivity index (χ2n) is 8.07. The lowest BCUT2D eigenvalue weighted by Gasteiger charge is -2.23. The minimum atomic E-state index is -0.570. The molecular formula is C23H25ClN6O4S2. The van der Waals surface area contributed by atoms with Gasteiger partial charge in [0, 0.05) is 42.7 Å². The number of aliphatic hydroxyl groups is 1. The molecule has 0 saturated heterocycles. The van der Waals surface area contributed by atoms with Crippen LogP contribution >= 0.6 is 34.7 Å². The zero-order chi connectivity index (χ0) is 25.7. The van der Waals surface area contributed by atoms with Crippen LogP contribution in [-0.4, -0.2) is 55.7 Å². The molecule has 0 aliphatic rings. The van der Waals surface area contributed by atoms with Gasteiger partial charge in [0.2, 0.25) is 10.8 Å². The predicted molar refractivity (Wildman–Crippen MR) is 141 cm³/mol. The summed E-state index contributed by atoms with van der Waals surface area (Å²) in [5.41, 5.74) is 6.58. The number of aliphatic hydroxyl groups excluding tert-OH is 1. The van der Waals surface area contributed by atoms with Crippen LogP contribution in [0.1, 0.15) is 22.5 Å². The number of carbonyl (C=O) groups excluding carboxylic acids is 1. The van der Waals surface area contributed by atoms with Gasteiger partial charge in [-0.3, -0.25) is 14.9 Å². The highest BCUT2D eigenvalue weighted by molar-refractivity contribution is 8.01. The Hall–Kier alpha value is -2.90. The standard InChI is InChI=1S/C23H25ClN6O4S2/c1-29-9-7-18(32)17-10-19(34-21(17)29)20(33)30(11-14-2-4-15(24)5-3-14)13-26-8-6-16(31)12-35-23-28-27-22(25)36-23/h2-5,7,9-10,16,26,31H,6,8,11-13H2,1H3,(H2,25,27). The number of fused-ring (bicyclic) bond motifs is 1. The first-order chi connectivity index (χ1) is 17.3. The molecule has 4 rings (SSSR count). The van der Waals surface area contributed by atoms with Gasteiger partial charge in [-0.15, -0.1) is 10.2 Å². The number of rotatable bonds is 11. The number of aryl methyl sites for hydroxylation is 1. The van der Waals surface area contributed by atoms with E-state index in [2.05, 4.69) is 15.5 Å². The first-order valence-corrected chi connectivity index (χ1v) is 13.2. The number of thioether (sulfide) groups is 1. The van der Waals surface area contributed by atoms with Gasteiger partial charge in [-0.1, -0.05) is 46.8 Å². The number of nitrogens with zero attached hydrogens (tertiary/aromatic N) is 4. The van der Waals surface area contributed by atoms with Gasteiger partial charge < -0.3 is 24.7 Å². The summed E-state index contributed by atoms with van der Waals surface area (Å²) in [5, 5.41) is 22.5. The molecule has 1 unspecified atom stereocenters. The lowest BCUT2D eigenvalue weighted by molar-refractivity contribution is 0.0696.